The summed E-state index contributed by atoms with van der Waals surface area (Å²) >= 11 is -9.92. The molecule has 0 fully saturated rings. The molecule has 0 aliphatic carbocycles. The summed E-state index contributed by atoms with van der Waals surface area (Å²) in [5.74, 6) is 0.0869. The van der Waals surface area contributed by atoms with Gasteiger partial charge in [0.1, 0.15) is 0 Å². The molecular weight excluding hydrogens is 510 g/mol. The van der Waals surface area contributed by atoms with E-state index in [1.165, 1.54) is 48.5 Å². The first-order chi connectivity index (χ1) is 13.5. The van der Waals surface area contributed by atoms with Gasteiger partial charge in [-0.15, -0.1) is 0 Å². The summed E-state index contributed by atoms with van der Waals surface area (Å²) in [7, 11) is 0. The van der Waals surface area contributed by atoms with Gasteiger partial charge >= 0.3 is 170 Å². The molecule has 0 saturated heterocycles. The fourth-order valence-corrected chi connectivity index (χ4v) is 4.50. The number of aromatic nitrogens is 3. The number of nitrogens with zero attached hydrogens (tertiary/aromatic N) is 3. The normalized spacial score (nSPS) is 11.9. The van der Waals surface area contributed by atoms with E-state index in [4.69, 9.17) is 5.73 Å². The Morgan fingerprint density at radius 2 is 1.00 bits per heavy atom. The average molecular weight is 526 g/mol. The van der Waals surface area contributed by atoms with Gasteiger partial charge in [-0.25, -0.2) is 0 Å². The zero-order chi connectivity index (χ0) is 21.2. The number of hydrogen-bond donors (Lipinski definition) is 7. The van der Waals surface area contributed by atoms with E-state index in [0.29, 0.717) is 11.4 Å². The molecule has 152 valence electrons. The topological polar surface area (TPSA) is 204 Å². The van der Waals surface area contributed by atoms with E-state index in [0.717, 1.165) is 0 Å². The number of benzene rings is 2. The van der Waals surface area contributed by atoms with Crippen molar-refractivity contribution in [2.45, 2.75) is 0 Å². The maximum atomic E-state index is 11.3. The van der Waals surface area contributed by atoms with Gasteiger partial charge < -0.3 is 0 Å². The van der Waals surface area contributed by atoms with Crippen molar-refractivity contribution >= 4 is 66.3 Å². The maximum absolute atomic E-state index is 11.3. The van der Waals surface area contributed by atoms with E-state index in [2.05, 4.69) is 25.6 Å². The van der Waals surface area contributed by atoms with Gasteiger partial charge in [0.15, 0.2) is 0 Å². The van der Waals surface area contributed by atoms with Crippen molar-refractivity contribution in [3.05, 3.63) is 48.5 Å². The number of hydrogen-bond acceptors (Lipinski definition) is 8. The predicted molar refractivity (Wildman–Crippen MR) is 105 cm³/mol. The molecular formula is C15H16As2N6O6. The SMILES string of the molecule is Nc1nc(Nc2ccc([As](=O)(O)O)cc2)nc(Nc2ccc([As](=O)(O)O)cc2)n1. The molecule has 0 radical (unpaired) electrons. The predicted octanol–water partition coefficient (Wildman–Crippen LogP) is -1.94. The number of rotatable bonds is 6. The molecule has 0 aliphatic rings. The van der Waals surface area contributed by atoms with E-state index < -0.39 is 28.3 Å². The Hall–Kier alpha value is -2.59. The van der Waals surface area contributed by atoms with Crippen LogP contribution in [0.5, 0.6) is 0 Å². The van der Waals surface area contributed by atoms with Crippen LogP contribution in [0, 0.1) is 0 Å². The van der Waals surface area contributed by atoms with Crippen LogP contribution in [0.25, 0.3) is 0 Å². The first-order valence-electron chi connectivity index (χ1n) is 7.89. The Bertz CT molecular complexity index is 1030. The van der Waals surface area contributed by atoms with Crippen molar-refractivity contribution in [1.82, 2.24) is 15.0 Å². The van der Waals surface area contributed by atoms with E-state index in [-0.39, 0.29) is 26.5 Å². The molecule has 3 aromatic rings. The molecule has 14 heteroatoms. The van der Waals surface area contributed by atoms with Gasteiger partial charge in [0.2, 0.25) is 0 Å². The summed E-state index contributed by atoms with van der Waals surface area (Å²) in [5.41, 5.74) is 6.63. The third kappa shape index (κ3) is 5.70. The van der Waals surface area contributed by atoms with Crippen molar-refractivity contribution < 1.29 is 23.9 Å². The Morgan fingerprint density at radius 1 is 0.655 bits per heavy atom. The molecule has 3 rings (SSSR count). The van der Waals surface area contributed by atoms with Gasteiger partial charge in [-0.3, -0.25) is 0 Å². The summed E-state index contributed by atoms with van der Waals surface area (Å²) in [6.07, 6.45) is 0. The molecule has 1 heterocycles. The zero-order valence-corrected chi connectivity index (χ0v) is 18.3. The van der Waals surface area contributed by atoms with Crippen molar-refractivity contribution in [3.8, 4) is 0 Å². The number of nitrogen functional groups attached to an aromatic ring is 1. The average Bonchev–Trinajstić information content (AvgIpc) is 2.60. The molecule has 29 heavy (non-hydrogen) atoms. The van der Waals surface area contributed by atoms with Crippen LogP contribution in [0.2, 0.25) is 0 Å². The van der Waals surface area contributed by atoms with Gasteiger partial charge in [-0.1, -0.05) is 0 Å². The van der Waals surface area contributed by atoms with Crippen LogP contribution in [-0.2, 0) is 7.48 Å². The number of anilines is 5. The number of nitrogens with two attached hydrogens (primary N) is 1. The zero-order valence-electron chi connectivity index (χ0n) is 14.5. The molecule has 0 atom stereocenters. The summed E-state index contributed by atoms with van der Waals surface area (Å²) in [6, 6.07) is 11.1. The minimum atomic E-state index is -4.96. The van der Waals surface area contributed by atoms with Crippen LogP contribution in [0.1, 0.15) is 0 Å². The standard InChI is InChI=1S/C15H16As2N6O6/c18-13-21-14(19-11-5-1-9(2-6-11)16(24,25)26)23-15(22-13)20-12-7-3-10(4-8-12)17(27,28)29/h1-8H,(H2,24,25,26)(H2,27,28,29)(H4,18,19,20,21,22,23). The van der Waals surface area contributed by atoms with E-state index in [1.807, 2.05) is 0 Å². The van der Waals surface area contributed by atoms with Gasteiger partial charge in [0.05, 0.1) is 0 Å². The monoisotopic (exact) mass is 526 g/mol. The summed E-state index contributed by atoms with van der Waals surface area (Å²) in [5, 5.41) is 5.70. The summed E-state index contributed by atoms with van der Waals surface area (Å²) < 4.78 is 59.2. The van der Waals surface area contributed by atoms with Gasteiger partial charge in [-0.05, 0) is 0 Å². The van der Waals surface area contributed by atoms with Crippen molar-refractivity contribution in [3.63, 3.8) is 0 Å². The first kappa shape index (κ1) is 21.1. The Kier molecular flexibility index (Phi) is 5.85. The van der Waals surface area contributed by atoms with E-state index in [1.54, 1.807) is 0 Å². The van der Waals surface area contributed by atoms with Crippen LogP contribution in [0.15, 0.2) is 48.5 Å². The number of nitrogens with one attached hydrogen (secondary N) is 2. The molecule has 0 saturated carbocycles. The van der Waals surface area contributed by atoms with Crippen LogP contribution in [0.4, 0.5) is 29.2 Å². The fraction of sp³-hybridized carbons (Fsp3) is 0. The second-order valence-electron chi connectivity index (χ2n) is 5.77. The van der Waals surface area contributed by atoms with Crippen LogP contribution in [0.3, 0.4) is 0 Å². The van der Waals surface area contributed by atoms with Crippen molar-refractivity contribution in [2.24, 2.45) is 0 Å². The van der Waals surface area contributed by atoms with Crippen molar-refractivity contribution in [1.29, 1.82) is 0 Å². The Labute approximate surface area is 169 Å². The van der Waals surface area contributed by atoms with E-state index in [9.17, 15) is 23.9 Å². The molecule has 0 unspecified atom stereocenters. The molecule has 8 N–H and O–H groups in total. The summed E-state index contributed by atoms with van der Waals surface area (Å²) in [4.78, 5) is 12.0. The molecule has 0 spiro atoms. The van der Waals surface area contributed by atoms with Crippen LogP contribution < -0.4 is 25.1 Å². The minimum absolute atomic E-state index is 0.0636. The molecule has 2 aromatic carbocycles. The third-order valence-electron chi connectivity index (χ3n) is 3.57. The van der Waals surface area contributed by atoms with Gasteiger partial charge in [-0.2, -0.15) is 0 Å². The third-order valence-corrected chi connectivity index (χ3v) is 7.65. The quantitative estimate of drug-likeness (QED) is 0.176. The van der Waals surface area contributed by atoms with Crippen LogP contribution in [-0.4, -0.2) is 59.7 Å². The second-order valence-corrected chi connectivity index (χ2v) is 12.5. The van der Waals surface area contributed by atoms with Gasteiger partial charge in [0, 0.05) is 0 Å². The van der Waals surface area contributed by atoms with Crippen molar-refractivity contribution in [2.75, 3.05) is 16.4 Å². The fourth-order valence-electron chi connectivity index (χ4n) is 2.24. The molecule has 0 aliphatic heterocycles. The van der Waals surface area contributed by atoms with Crippen LogP contribution >= 0.6 is 0 Å². The first-order valence-corrected chi connectivity index (χ1v) is 14.7. The molecule has 0 bridgehead atoms. The Balaban J connectivity index is 1.78. The second kappa shape index (κ2) is 8.03. The van der Waals surface area contributed by atoms with E-state index >= 15 is 0 Å². The Morgan fingerprint density at radius 3 is 1.31 bits per heavy atom. The van der Waals surface area contributed by atoms with Gasteiger partial charge in [0.25, 0.3) is 0 Å². The summed E-state index contributed by atoms with van der Waals surface area (Å²) in [6.45, 7) is 0. The molecule has 12 nitrogen and oxygen atoms in total. The molecule has 1 aromatic heterocycles. The molecule has 0 amide bonds.